The van der Waals surface area contributed by atoms with Crippen LogP contribution in [0.2, 0.25) is 0 Å². The van der Waals surface area contributed by atoms with Gasteiger partial charge in [0.25, 0.3) is 0 Å². The second-order valence-corrected chi connectivity index (χ2v) is 5.73. The molecule has 0 saturated carbocycles. The van der Waals surface area contributed by atoms with E-state index in [1.54, 1.807) is 0 Å². The van der Waals surface area contributed by atoms with E-state index in [4.69, 9.17) is 9.11 Å². The van der Waals surface area contributed by atoms with Gasteiger partial charge in [-0.15, -0.1) is 0 Å². The van der Waals surface area contributed by atoms with Crippen LogP contribution >= 0.6 is 10.6 Å². The molecule has 11 heavy (non-hydrogen) atoms. The van der Waals surface area contributed by atoms with E-state index in [0.717, 1.165) is 0 Å². The van der Waals surface area contributed by atoms with Gasteiger partial charge in [0.1, 0.15) is 0 Å². The van der Waals surface area contributed by atoms with Crippen LogP contribution in [0.25, 0.3) is 0 Å². The molecule has 2 N–H and O–H groups in total. The minimum absolute atomic E-state index is 0.168. The molecule has 0 amide bonds. The molecule has 0 aromatic rings. The third kappa shape index (κ3) is 2.69. The molecule has 0 bridgehead atoms. The van der Waals surface area contributed by atoms with Gasteiger partial charge in [0, 0.05) is 24.4 Å². The molecule has 1 saturated heterocycles. The summed E-state index contributed by atoms with van der Waals surface area (Å²) in [6.07, 6.45) is 0. The number of rotatable bonds is 1. The van der Waals surface area contributed by atoms with Gasteiger partial charge < -0.3 is 4.55 Å². The molecule has 1 atom stereocenters. The van der Waals surface area contributed by atoms with Crippen molar-refractivity contribution in [1.82, 2.24) is 4.31 Å². The van der Waals surface area contributed by atoms with Gasteiger partial charge in [0.15, 0.2) is 0 Å². The lowest BCUT2D eigenvalue weighted by Crippen LogP contribution is -2.39. The van der Waals surface area contributed by atoms with Crippen molar-refractivity contribution in [2.24, 2.45) is 0 Å². The Morgan fingerprint density at radius 3 is 2.18 bits per heavy atom. The first-order valence-corrected chi connectivity index (χ1v) is 6.01. The molecule has 0 aromatic heterocycles. The molecule has 1 fully saturated rings. The summed E-state index contributed by atoms with van der Waals surface area (Å²) in [7, 11) is -2.46. The van der Waals surface area contributed by atoms with Gasteiger partial charge in [-0.2, -0.15) is 10.6 Å². The van der Waals surface area contributed by atoms with Crippen LogP contribution in [-0.4, -0.2) is 46.8 Å². The standard InChI is InChI=1S/C4H11NO4S2/c6-10(7)5-1-3-11(8,9)4-2-5/h8-9H,1-4H2,(H,6,7)/p-1. The number of hydrogen-bond acceptors (Lipinski definition) is 4. The zero-order valence-corrected chi connectivity index (χ0v) is 7.44. The Labute approximate surface area is 69.2 Å². The van der Waals surface area contributed by atoms with Crippen LogP contribution < -0.4 is 0 Å². The van der Waals surface area contributed by atoms with Crippen LogP contribution in [-0.2, 0) is 11.3 Å². The van der Waals surface area contributed by atoms with Crippen LogP contribution in [0.4, 0.5) is 0 Å². The van der Waals surface area contributed by atoms with Crippen molar-refractivity contribution in [3.05, 3.63) is 0 Å². The molecule has 0 aromatic carbocycles. The largest absolute Gasteiger partial charge is 0.760 e. The highest BCUT2D eigenvalue weighted by atomic mass is 32.3. The summed E-state index contributed by atoms with van der Waals surface area (Å²) >= 11 is -2.21. The third-order valence-electron chi connectivity index (χ3n) is 1.55. The fourth-order valence-electron chi connectivity index (χ4n) is 0.859. The van der Waals surface area contributed by atoms with Crippen LogP contribution in [0, 0.1) is 0 Å². The Hall–Kier alpha value is 0.340. The average molecular weight is 200 g/mol. The second-order valence-electron chi connectivity index (χ2n) is 2.36. The van der Waals surface area contributed by atoms with Crippen molar-refractivity contribution in [2.75, 3.05) is 24.6 Å². The van der Waals surface area contributed by atoms with Gasteiger partial charge in [-0.3, -0.25) is 13.3 Å². The molecule has 7 heteroatoms. The van der Waals surface area contributed by atoms with E-state index in [1.807, 2.05) is 0 Å². The van der Waals surface area contributed by atoms with Crippen molar-refractivity contribution in [1.29, 1.82) is 0 Å². The summed E-state index contributed by atoms with van der Waals surface area (Å²) in [5.74, 6) is 0.335. The molecule has 0 spiro atoms. The quantitative estimate of drug-likeness (QED) is 0.576. The molecule has 5 nitrogen and oxygen atoms in total. The van der Waals surface area contributed by atoms with E-state index in [9.17, 15) is 8.76 Å². The predicted octanol–water partition coefficient (Wildman–Crippen LogP) is -0.153. The molecule has 1 aliphatic rings. The molecular formula is C4H10NO4S2-. The topological polar surface area (TPSA) is 83.8 Å². The van der Waals surface area contributed by atoms with Crippen molar-refractivity contribution >= 4 is 21.9 Å². The van der Waals surface area contributed by atoms with E-state index in [0.29, 0.717) is 0 Å². The normalized spacial score (nSPS) is 31.2. The lowest BCUT2D eigenvalue weighted by molar-refractivity contribution is 0.385. The van der Waals surface area contributed by atoms with Gasteiger partial charge >= 0.3 is 0 Å². The van der Waals surface area contributed by atoms with Gasteiger partial charge in [-0.25, -0.2) is 4.31 Å². The van der Waals surface area contributed by atoms with Gasteiger partial charge in [-0.1, -0.05) is 0 Å². The molecule has 1 aliphatic heterocycles. The summed E-state index contributed by atoms with van der Waals surface area (Å²) in [5.41, 5.74) is 0. The molecular weight excluding hydrogens is 190 g/mol. The van der Waals surface area contributed by atoms with E-state index in [2.05, 4.69) is 0 Å². The first-order valence-electron chi connectivity index (χ1n) is 3.09. The highest BCUT2D eigenvalue weighted by molar-refractivity contribution is 8.24. The second kappa shape index (κ2) is 3.38. The van der Waals surface area contributed by atoms with Crippen LogP contribution in [0.15, 0.2) is 0 Å². The van der Waals surface area contributed by atoms with Crippen molar-refractivity contribution in [2.45, 2.75) is 0 Å². The zero-order valence-electron chi connectivity index (χ0n) is 5.80. The molecule has 0 aliphatic carbocycles. The Bertz CT molecular complexity index is 163. The summed E-state index contributed by atoms with van der Waals surface area (Å²) < 4.78 is 40.0. The third-order valence-corrected chi connectivity index (χ3v) is 4.01. The molecule has 68 valence electrons. The first-order chi connectivity index (χ1) is 5.01. The molecule has 1 unspecified atom stereocenters. The average Bonchev–Trinajstić information content (AvgIpc) is 1.86. The van der Waals surface area contributed by atoms with Crippen LogP contribution in [0.5, 0.6) is 0 Å². The monoisotopic (exact) mass is 200 g/mol. The Morgan fingerprint density at radius 2 is 1.82 bits per heavy atom. The van der Waals surface area contributed by atoms with Crippen molar-refractivity contribution in [3.63, 3.8) is 0 Å². The van der Waals surface area contributed by atoms with E-state index in [1.165, 1.54) is 4.31 Å². The number of nitrogens with zero attached hydrogens (tertiary/aromatic N) is 1. The molecule has 1 heterocycles. The summed E-state index contributed by atoms with van der Waals surface area (Å²) in [5, 5.41) is 0. The van der Waals surface area contributed by atoms with E-state index in [-0.39, 0.29) is 24.6 Å². The molecule has 1 rings (SSSR count). The lowest BCUT2D eigenvalue weighted by Gasteiger charge is -2.41. The summed E-state index contributed by atoms with van der Waals surface area (Å²) in [6.45, 7) is 0.441. The smallest absolute Gasteiger partial charge is 0.0512 e. The Balaban J connectivity index is 2.42. The lowest BCUT2D eigenvalue weighted by atomic mass is 10.6. The summed E-state index contributed by atoms with van der Waals surface area (Å²) in [6, 6.07) is 0. The maximum atomic E-state index is 10.3. The van der Waals surface area contributed by atoms with E-state index >= 15 is 0 Å². The van der Waals surface area contributed by atoms with Crippen LogP contribution in [0.3, 0.4) is 0 Å². The predicted molar refractivity (Wildman–Crippen MR) is 43.1 cm³/mol. The number of hydrogen-bond donors (Lipinski definition) is 2. The van der Waals surface area contributed by atoms with Crippen molar-refractivity contribution < 1.29 is 17.9 Å². The SMILES string of the molecule is O=S([O-])N1CCS(O)(O)CC1. The maximum absolute atomic E-state index is 10.3. The van der Waals surface area contributed by atoms with Gasteiger partial charge in [-0.05, 0) is 0 Å². The fraction of sp³-hybridized carbons (Fsp3) is 1.00. The van der Waals surface area contributed by atoms with Crippen molar-refractivity contribution in [3.8, 4) is 0 Å². The van der Waals surface area contributed by atoms with E-state index < -0.39 is 21.9 Å². The minimum atomic E-state index is -2.46. The Morgan fingerprint density at radius 1 is 1.36 bits per heavy atom. The van der Waals surface area contributed by atoms with Gasteiger partial charge in [0.05, 0.1) is 11.5 Å². The molecule has 0 radical (unpaired) electrons. The zero-order chi connectivity index (χ0) is 8.48. The summed E-state index contributed by atoms with van der Waals surface area (Å²) in [4.78, 5) is 0. The van der Waals surface area contributed by atoms with Gasteiger partial charge in [0.2, 0.25) is 0 Å². The van der Waals surface area contributed by atoms with Crippen LogP contribution in [0.1, 0.15) is 0 Å². The maximum Gasteiger partial charge on any atom is 0.0512 e. The minimum Gasteiger partial charge on any atom is -0.760 e. The Kier molecular flexibility index (Phi) is 2.90. The fourth-order valence-corrected chi connectivity index (χ4v) is 2.80. The first kappa shape index (κ1) is 9.43. The highest BCUT2D eigenvalue weighted by Crippen LogP contribution is 2.40. The highest BCUT2D eigenvalue weighted by Gasteiger charge is 2.22.